The van der Waals surface area contributed by atoms with Crippen LogP contribution in [-0.4, -0.2) is 23.1 Å². The first-order valence-corrected chi connectivity index (χ1v) is 5.80. The van der Waals surface area contributed by atoms with Crippen molar-refractivity contribution in [3.8, 4) is 5.75 Å². The van der Waals surface area contributed by atoms with Gasteiger partial charge in [-0.15, -0.1) is 0 Å². The van der Waals surface area contributed by atoms with E-state index in [1.165, 1.54) is 6.92 Å². The van der Waals surface area contributed by atoms with Gasteiger partial charge in [-0.05, 0) is 18.6 Å². The molecule has 0 aliphatic carbocycles. The van der Waals surface area contributed by atoms with E-state index in [2.05, 4.69) is 5.32 Å². The highest BCUT2D eigenvalue weighted by atomic mass is 16.5. The SMILES string of the molecule is CCCC(Oc1cccc(NC(C)=O)c1)C(=O)O. The third-order valence-electron chi connectivity index (χ3n) is 2.26. The minimum absolute atomic E-state index is 0.185. The molecule has 98 valence electrons. The number of carboxylic acids is 1. The first-order valence-electron chi connectivity index (χ1n) is 5.80. The van der Waals surface area contributed by atoms with Crippen molar-refractivity contribution in [3.63, 3.8) is 0 Å². The number of aliphatic carboxylic acids is 1. The number of carboxylic acid groups (broad SMARTS) is 1. The lowest BCUT2D eigenvalue weighted by Gasteiger charge is -2.15. The van der Waals surface area contributed by atoms with Crippen molar-refractivity contribution in [1.29, 1.82) is 0 Å². The van der Waals surface area contributed by atoms with Crippen molar-refractivity contribution in [1.82, 2.24) is 0 Å². The number of anilines is 1. The molecule has 1 aromatic carbocycles. The molecule has 18 heavy (non-hydrogen) atoms. The summed E-state index contributed by atoms with van der Waals surface area (Å²) in [6, 6.07) is 6.68. The molecular weight excluding hydrogens is 234 g/mol. The lowest BCUT2D eigenvalue weighted by molar-refractivity contribution is -0.145. The third kappa shape index (κ3) is 4.45. The highest BCUT2D eigenvalue weighted by molar-refractivity contribution is 5.88. The fraction of sp³-hybridized carbons (Fsp3) is 0.385. The van der Waals surface area contributed by atoms with Crippen LogP contribution in [0.25, 0.3) is 0 Å². The maximum atomic E-state index is 11.0. The normalized spacial score (nSPS) is 11.7. The van der Waals surface area contributed by atoms with Crippen LogP contribution < -0.4 is 10.1 Å². The lowest BCUT2D eigenvalue weighted by atomic mass is 10.2. The number of hydrogen-bond acceptors (Lipinski definition) is 3. The summed E-state index contributed by atoms with van der Waals surface area (Å²) in [4.78, 5) is 21.9. The molecule has 1 rings (SSSR count). The van der Waals surface area contributed by atoms with Crippen LogP contribution in [0.4, 0.5) is 5.69 Å². The summed E-state index contributed by atoms with van der Waals surface area (Å²) in [6.07, 6.45) is 0.310. The third-order valence-corrected chi connectivity index (χ3v) is 2.26. The van der Waals surface area contributed by atoms with Crippen molar-refractivity contribution in [2.45, 2.75) is 32.8 Å². The van der Waals surface area contributed by atoms with E-state index in [0.29, 0.717) is 17.9 Å². The molecule has 5 heteroatoms. The largest absolute Gasteiger partial charge is 0.479 e. The predicted octanol–water partition coefficient (Wildman–Crippen LogP) is 2.28. The summed E-state index contributed by atoms with van der Waals surface area (Å²) in [5.74, 6) is -0.737. The van der Waals surface area contributed by atoms with Gasteiger partial charge in [0.1, 0.15) is 5.75 Å². The monoisotopic (exact) mass is 251 g/mol. The van der Waals surface area contributed by atoms with Crippen LogP contribution in [0.5, 0.6) is 5.75 Å². The Labute approximate surface area is 106 Å². The fourth-order valence-electron chi connectivity index (χ4n) is 1.51. The number of carbonyl (C=O) groups is 2. The molecule has 1 unspecified atom stereocenters. The topological polar surface area (TPSA) is 75.6 Å². The Morgan fingerprint density at radius 3 is 2.72 bits per heavy atom. The van der Waals surface area contributed by atoms with Gasteiger partial charge in [-0.3, -0.25) is 4.79 Å². The molecule has 1 amide bonds. The first kappa shape index (κ1) is 14.0. The van der Waals surface area contributed by atoms with Gasteiger partial charge in [-0.1, -0.05) is 19.4 Å². The van der Waals surface area contributed by atoms with Crippen molar-refractivity contribution in [3.05, 3.63) is 24.3 Å². The van der Waals surface area contributed by atoms with Gasteiger partial charge in [-0.2, -0.15) is 0 Å². The van der Waals surface area contributed by atoms with Crippen LogP contribution >= 0.6 is 0 Å². The quantitative estimate of drug-likeness (QED) is 0.813. The highest BCUT2D eigenvalue weighted by Gasteiger charge is 2.18. The van der Waals surface area contributed by atoms with Gasteiger partial charge in [0, 0.05) is 18.7 Å². The van der Waals surface area contributed by atoms with Crippen molar-refractivity contribution >= 4 is 17.6 Å². The number of rotatable bonds is 6. The summed E-state index contributed by atoms with van der Waals surface area (Å²) in [6.45, 7) is 3.30. The molecule has 0 heterocycles. The van der Waals surface area contributed by atoms with E-state index in [1.54, 1.807) is 24.3 Å². The number of ether oxygens (including phenoxy) is 1. The minimum Gasteiger partial charge on any atom is -0.479 e. The van der Waals surface area contributed by atoms with Crippen LogP contribution in [-0.2, 0) is 9.59 Å². The highest BCUT2D eigenvalue weighted by Crippen LogP contribution is 2.19. The zero-order chi connectivity index (χ0) is 13.5. The number of carbonyl (C=O) groups excluding carboxylic acids is 1. The smallest absolute Gasteiger partial charge is 0.344 e. The molecule has 0 spiro atoms. The molecule has 2 N–H and O–H groups in total. The second-order valence-corrected chi connectivity index (χ2v) is 3.94. The number of benzene rings is 1. The lowest BCUT2D eigenvalue weighted by Crippen LogP contribution is -2.26. The van der Waals surface area contributed by atoms with E-state index in [-0.39, 0.29) is 5.91 Å². The second kappa shape index (κ2) is 6.64. The Bertz CT molecular complexity index is 431. The molecule has 0 aromatic heterocycles. The Kier molecular flexibility index (Phi) is 5.17. The molecule has 0 fully saturated rings. The maximum absolute atomic E-state index is 11.0. The van der Waals surface area contributed by atoms with Gasteiger partial charge in [-0.25, -0.2) is 4.79 Å². The molecule has 5 nitrogen and oxygen atoms in total. The zero-order valence-corrected chi connectivity index (χ0v) is 10.5. The van der Waals surface area contributed by atoms with Crippen molar-refractivity contribution in [2.75, 3.05) is 5.32 Å². The average Bonchev–Trinajstić information content (AvgIpc) is 2.28. The van der Waals surface area contributed by atoms with Gasteiger partial charge in [0.25, 0.3) is 0 Å². The van der Waals surface area contributed by atoms with E-state index in [4.69, 9.17) is 9.84 Å². The molecule has 0 saturated heterocycles. The zero-order valence-electron chi connectivity index (χ0n) is 10.5. The van der Waals surface area contributed by atoms with Gasteiger partial charge in [0.15, 0.2) is 6.10 Å². The van der Waals surface area contributed by atoms with Crippen LogP contribution in [0.2, 0.25) is 0 Å². The van der Waals surface area contributed by atoms with Gasteiger partial charge >= 0.3 is 5.97 Å². The van der Waals surface area contributed by atoms with Crippen LogP contribution in [0.15, 0.2) is 24.3 Å². The molecular formula is C13H17NO4. The molecule has 0 aliphatic rings. The summed E-state index contributed by atoms with van der Waals surface area (Å²) in [5, 5.41) is 11.6. The van der Waals surface area contributed by atoms with Crippen molar-refractivity contribution < 1.29 is 19.4 Å². The molecule has 0 radical (unpaired) electrons. The standard InChI is InChI=1S/C13H17NO4/c1-3-5-12(13(16)17)18-11-7-4-6-10(8-11)14-9(2)15/h4,6-8,12H,3,5H2,1-2H3,(H,14,15)(H,16,17). The molecule has 1 atom stereocenters. The van der Waals surface area contributed by atoms with Crippen LogP contribution in [0.3, 0.4) is 0 Å². The molecule has 0 bridgehead atoms. The summed E-state index contributed by atoms with van der Waals surface area (Å²) < 4.78 is 5.39. The van der Waals surface area contributed by atoms with Crippen LogP contribution in [0.1, 0.15) is 26.7 Å². The first-order chi connectivity index (χ1) is 8.52. The summed E-state index contributed by atoms with van der Waals surface area (Å²) >= 11 is 0. The second-order valence-electron chi connectivity index (χ2n) is 3.94. The van der Waals surface area contributed by atoms with E-state index in [9.17, 15) is 9.59 Å². The van der Waals surface area contributed by atoms with E-state index >= 15 is 0 Å². The minimum atomic E-state index is -0.984. The Morgan fingerprint density at radius 1 is 1.44 bits per heavy atom. The Hall–Kier alpha value is -2.04. The van der Waals surface area contributed by atoms with Crippen LogP contribution in [0, 0.1) is 0 Å². The number of amides is 1. The van der Waals surface area contributed by atoms with Gasteiger partial charge < -0.3 is 15.2 Å². The average molecular weight is 251 g/mol. The van der Waals surface area contributed by atoms with E-state index in [0.717, 1.165) is 6.42 Å². The van der Waals surface area contributed by atoms with Gasteiger partial charge in [0.2, 0.25) is 5.91 Å². The summed E-state index contributed by atoms with van der Waals surface area (Å²) in [5.41, 5.74) is 0.584. The Balaban J connectivity index is 2.76. The maximum Gasteiger partial charge on any atom is 0.344 e. The fourth-order valence-corrected chi connectivity index (χ4v) is 1.51. The van der Waals surface area contributed by atoms with Crippen molar-refractivity contribution in [2.24, 2.45) is 0 Å². The summed E-state index contributed by atoms with van der Waals surface area (Å²) in [7, 11) is 0. The molecule has 1 aromatic rings. The van der Waals surface area contributed by atoms with Gasteiger partial charge in [0.05, 0.1) is 0 Å². The predicted molar refractivity (Wildman–Crippen MR) is 67.7 cm³/mol. The van der Waals surface area contributed by atoms with E-state index in [1.807, 2.05) is 6.92 Å². The number of hydrogen-bond donors (Lipinski definition) is 2. The number of nitrogens with one attached hydrogen (secondary N) is 1. The van der Waals surface area contributed by atoms with E-state index < -0.39 is 12.1 Å². The Morgan fingerprint density at radius 2 is 2.17 bits per heavy atom. The molecule has 0 aliphatic heterocycles. The molecule has 0 saturated carbocycles.